The Morgan fingerprint density at radius 2 is 2.15 bits per heavy atom. The van der Waals surface area contributed by atoms with Crippen molar-refractivity contribution in [3.8, 4) is 0 Å². The molecule has 0 unspecified atom stereocenters. The molecule has 1 aromatic carbocycles. The average Bonchev–Trinajstić information content (AvgIpc) is 3.43. The van der Waals surface area contributed by atoms with Crippen LogP contribution in [0.25, 0.3) is 11.2 Å². The van der Waals surface area contributed by atoms with Gasteiger partial charge in [0.15, 0.2) is 11.5 Å². The van der Waals surface area contributed by atoms with E-state index in [1.165, 1.54) is 5.56 Å². The highest BCUT2D eigenvalue weighted by Crippen LogP contribution is 2.29. The summed E-state index contributed by atoms with van der Waals surface area (Å²) in [5.41, 5.74) is 8.99. The molecular formula is C24H29N7O2. The summed E-state index contributed by atoms with van der Waals surface area (Å²) in [4.78, 5) is 23.5. The van der Waals surface area contributed by atoms with Gasteiger partial charge in [-0.1, -0.05) is 29.8 Å². The molecule has 0 radical (unpaired) electrons. The molecule has 9 heteroatoms. The van der Waals surface area contributed by atoms with Crippen LogP contribution in [0.5, 0.6) is 0 Å². The Morgan fingerprint density at radius 3 is 2.91 bits per heavy atom. The van der Waals surface area contributed by atoms with Crippen molar-refractivity contribution in [1.29, 1.82) is 0 Å². The van der Waals surface area contributed by atoms with Crippen LogP contribution in [0, 0.1) is 12.8 Å². The third-order valence-corrected chi connectivity index (χ3v) is 6.20. The Morgan fingerprint density at radius 1 is 1.30 bits per heavy atom. The number of carbonyl (C=O) groups is 1. The summed E-state index contributed by atoms with van der Waals surface area (Å²) in [6.07, 6.45) is 2.36. The van der Waals surface area contributed by atoms with Gasteiger partial charge < -0.3 is 19.5 Å². The number of hydrogen-bond donors (Lipinski definition) is 2. The number of nitrogens with zero attached hydrogens (tertiary/aromatic N) is 5. The first-order valence-electron chi connectivity index (χ1n) is 11.4. The molecule has 0 aliphatic carbocycles. The van der Waals surface area contributed by atoms with Crippen LogP contribution in [0.3, 0.4) is 0 Å². The minimum absolute atomic E-state index is 0.106. The van der Waals surface area contributed by atoms with Crippen molar-refractivity contribution in [2.75, 3.05) is 43.2 Å². The lowest BCUT2D eigenvalue weighted by molar-refractivity contribution is -0.119. The number of imidazole rings is 1. The summed E-state index contributed by atoms with van der Waals surface area (Å²) in [5, 5.41) is 7.51. The zero-order valence-electron chi connectivity index (χ0n) is 19.0. The summed E-state index contributed by atoms with van der Waals surface area (Å²) >= 11 is 0. The quantitative estimate of drug-likeness (QED) is 0.445. The Hall–Kier alpha value is -3.46. The van der Waals surface area contributed by atoms with Gasteiger partial charge in [-0.25, -0.2) is 9.97 Å². The molecule has 0 saturated carbocycles. The van der Waals surface area contributed by atoms with Crippen LogP contribution in [0.4, 0.5) is 11.5 Å². The van der Waals surface area contributed by atoms with Gasteiger partial charge in [-0.3, -0.25) is 10.2 Å². The summed E-state index contributed by atoms with van der Waals surface area (Å²) in [5.74, 6) is 1.01. The lowest BCUT2D eigenvalue weighted by Gasteiger charge is -2.29. The largest absolute Gasteiger partial charge is 0.378 e. The summed E-state index contributed by atoms with van der Waals surface area (Å²) < 4.78 is 7.59. The maximum Gasteiger partial charge on any atom is 0.220 e. The molecule has 3 aromatic rings. The second kappa shape index (κ2) is 9.19. The van der Waals surface area contributed by atoms with E-state index < -0.39 is 0 Å². The Bertz CT molecular complexity index is 1200. The number of anilines is 2. The van der Waals surface area contributed by atoms with Gasteiger partial charge in [-0.2, -0.15) is 5.10 Å². The Kier molecular flexibility index (Phi) is 5.95. The molecule has 1 atom stereocenters. The van der Waals surface area contributed by atoms with Crippen molar-refractivity contribution < 1.29 is 9.53 Å². The van der Waals surface area contributed by atoms with E-state index >= 15 is 0 Å². The van der Waals surface area contributed by atoms with Gasteiger partial charge in [0.2, 0.25) is 5.91 Å². The fourth-order valence-corrected chi connectivity index (χ4v) is 4.40. The first-order valence-corrected chi connectivity index (χ1v) is 11.4. The number of hydrazone groups is 1. The number of amides is 1. The van der Waals surface area contributed by atoms with Crippen molar-refractivity contribution in [2.45, 2.75) is 26.8 Å². The van der Waals surface area contributed by atoms with Gasteiger partial charge in [-0.05, 0) is 19.4 Å². The van der Waals surface area contributed by atoms with E-state index in [4.69, 9.17) is 14.7 Å². The number of rotatable bonds is 6. The van der Waals surface area contributed by atoms with E-state index in [9.17, 15) is 4.79 Å². The first kappa shape index (κ1) is 21.4. The number of nitrogens with one attached hydrogen (secondary N) is 2. The lowest BCUT2D eigenvalue weighted by atomic mass is 10.1. The molecule has 1 amide bonds. The van der Waals surface area contributed by atoms with Crippen LogP contribution >= 0.6 is 0 Å². The molecule has 0 bridgehead atoms. The van der Waals surface area contributed by atoms with Gasteiger partial charge in [-0.15, -0.1) is 0 Å². The Balaban J connectivity index is 1.48. The van der Waals surface area contributed by atoms with Crippen molar-refractivity contribution in [3.05, 3.63) is 47.8 Å². The third kappa shape index (κ3) is 4.68. The van der Waals surface area contributed by atoms with Crippen LogP contribution in [-0.4, -0.2) is 59.0 Å². The molecule has 33 heavy (non-hydrogen) atoms. The van der Waals surface area contributed by atoms with E-state index in [0.717, 1.165) is 41.2 Å². The molecule has 0 spiro atoms. The smallest absolute Gasteiger partial charge is 0.220 e. The van der Waals surface area contributed by atoms with Crippen LogP contribution in [0.15, 0.2) is 41.8 Å². The molecular weight excluding hydrogens is 418 g/mol. The monoisotopic (exact) mass is 447 g/mol. The molecule has 5 rings (SSSR count). The average molecular weight is 448 g/mol. The van der Waals surface area contributed by atoms with Crippen molar-refractivity contribution in [1.82, 2.24) is 19.9 Å². The predicted octanol–water partition coefficient (Wildman–Crippen LogP) is 2.55. The van der Waals surface area contributed by atoms with Gasteiger partial charge in [0.25, 0.3) is 0 Å². The van der Waals surface area contributed by atoms with E-state index in [-0.39, 0.29) is 11.8 Å². The van der Waals surface area contributed by atoms with E-state index in [1.54, 1.807) is 0 Å². The lowest BCUT2D eigenvalue weighted by Crippen LogP contribution is -2.36. The minimum atomic E-state index is 0.106. The molecule has 2 aliphatic rings. The fraction of sp³-hybridized carbons (Fsp3) is 0.417. The molecule has 9 nitrogen and oxygen atoms in total. The van der Waals surface area contributed by atoms with Crippen molar-refractivity contribution in [3.63, 3.8) is 0 Å². The van der Waals surface area contributed by atoms with E-state index in [1.807, 2.05) is 30.0 Å². The molecule has 2 saturated heterocycles. The number of benzene rings is 1. The van der Waals surface area contributed by atoms with Gasteiger partial charge >= 0.3 is 0 Å². The number of fused-ring (bicyclic) bond motifs is 1. The SMILES string of the molecule is C/C(=N\Nc1cc(N2CCOCC2)c2ncn(C[C@H]3CNC(=O)C3)c2n1)c1cccc(C)c1. The van der Waals surface area contributed by atoms with Crippen molar-refractivity contribution in [2.24, 2.45) is 11.0 Å². The molecule has 2 fully saturated rings. The third-order valence-electron chi connectivity index (χ3n) is 6.20. The fourth-order valence-electron chi connectivity index (χ4n) is 4.40. The highest BCUT2D eigenvalue weighted by molar-refractivity contribution is 5.99. The number of aryl methyl sites for hydroxylation is 1. The van der Waals surface area contributed by atoms with Crippen LogP contribution < -0.4 is 15.6 Å². The molecule has 2 aliphatic heterocycles. The van der Waals surface area contributed by atoms with Crippen LogP contribution in [0.1, 0.15) is 24.5 Å². The van der Waals surface area contributed by atoms with E-state index in [0.29, 0.717) is 38.5 Å². The zero-order valence-corrected chi connectivity index (χ0v) is 19.0. The molecule has 172 valence electrons. The number of aromatic nitrogens is 3. The predicted molar refractivity (Wildman–Crippen MR) is 129 cm³/mol. The topological polar surface area (TPSA) is 96.7 Å². The van der Waals surface area contributed by atoms with Gasteiger partial charge in [0.1, 0.15) is 5.52 Å². The number of morpholine rings is 1. The van der Waals surface area contributed by atoms with Crippen LogP contribution in [-0.2, 0) is 16.1 Å². The normalized spacial score (nSPS) is 19.2. The van der Waals surface area contributed by atoms with E-state index in [2.05, 4.69) is 45.9 Å². The number of pyridine rings is 1. The highest BCUT2D eigenvalue weighted by Gasteiger charge is 2.24. The maximum atomic E-state index is 11.7. The second-order valence-corrected chi connectivity index (χ2v) is 8.75. The van der Waals surface area contributed by atoms with Gasteiger partial charge in [0.05, 0.1) is 30.9 Å². The standard InChI is InChI=1S/C24H29N7O2/c1-16-4-3-5-19(10-16)17(2)28-29-21-12-20(30-6-8-33-9-7-30)23-24(27-21)31(15-26-23)14-18-11-22(32)25-13-18/h3-5,10,12,15,18H,6-9,11,13-14H2,1-2H3,(H,25,32)(H,27,29)/b28-17+/t18-/m1/s1. The summed E-state index contributed by atoms with van der Waals surface area (Å²) in [7, 11) is 0. The Labute approximate surface area is 192 Å². The van der Waals surface area contributed by atoms with Crippen molar-refractivity contribution >= 4 is 34.3 Å². The molecule has 2 aromatic heterocycles. The number of hydrogen-bond acceptors (Lipinski definition) is 7. The number of carbonyl (C=O) groups excluding carboxylic acids is 1. The van der Waals surface area contributed by atoms with Gasteiger partial charge in [0, 0.05) is 44.6 Å². The van der Waals surface area contributed by atoms with Crippen LogP contribution in [0.2, 0.25) is 0 Å². The minimum Gasteiger partial charge on any atom is -0.378 e. The highest BCUT2D eigenvalue weighted by atomic mass is 16.5. The number of ether oxygens (including phenoxy) is 1. The summed E-state index contributed by atoms with van der Waals surface area (Å²) in [6.45, 7) is 8.42. The zero-order chi connectivity index (χ0) is 22.8. The molecule has 4 heterocycles. The second-order valence-electron chi connectivity index (χ2n) is 8.75. The first-order chi connectivity index (χ1) is 16.1. The maximum absolute atomic E-state index is 11.7. The molecule has 2 N–H and O–H groups in total. The summed E-state index contributed by atoms with van der Waals surface area (Å²) in [6, 6.07) is 10.3.